The lowest BCUT2D eigenvalue weighted by Crippen LogP contribution is -2.41. The number of nitrogens with two attached hydrogens (primary N) is 1. The number of carbonyl (C=O) groups is 1. The molecule has 96 valence electrons. The monoisotopic (exact) mass is 240 g/mol. The lowest BCUT2D eigenvalue weighted by Gasteiger charge is -2.20. The average Bonchev–Trinajstić information content (AvgIpc) is 2.64. The molecule has 0 radical (unpaired) electrons. The van der Waals surface area contributed by atoms with Crippen molar-refractivity contribution in [3.05, 3.63) is 24.2 Å². The van der Waals surface area contributed by atoms with Crippen LogP contribution in [0.3, 0.4) is 0 Å². The fraction of sp³-hybridized carbons (Fsp3) is 0.583. The Morgan fingerprint density at radius 2 is 2.29 bits per heavy atom. The molecule has 0 saturated heterocycles. The Labute approximate surface area is 101 Å². The molecule has 17 heavy (non-hydrogen) atoms. The predicted molar refractivity (Wildman–Crippen MR) is 64.6 cm³/mol. The van der Waals surface area contributed by atoms with E-state index in [1.807, 2.05) is 32.9 Å². The van der Waals surface area contributed by atoms with Crippen molar-refractivity contribution in [2.75, 3.05) is 6.54 Å². The van der Waals surface area contributed by atoms with Gasteiger partial charge in [-0.2, -0.15) is 0 Å². The van der Waals surface area contributed by atoms with Gasteiger partial charge in [-0.05, 0) is 32.9 Å². The van der Waals surface area contributed by atoms with Crippen LogP contribution < -0.4 is 11.1 Å². The van der Waals surface area contributed by atoms with Gasteiger partial charge < -0.3 is 20.2 Å². The van der Waals surface area contributed by atoms with Gasteiger partial charge in [-0.25, -0.2) is 4.79 Å². The van der Waals surface area contributed by atoms with Crippen molar-refractivity contribution in [2.24, 2.45) is 5.73 Å². The van der Waals surface area contributed by atoms with Gasteiger partial charge >= 0.3 is 6.09 Å². The van der Waals surface area contributed by atoms with Crippen LogP contribution in [0.15, 0.2) is 22.8 Å². The van der Waals surface area contributed by atoms with E-state index < -0.39 is 11.7 Å². The standard InChI is InChI=1S/C12H20N2O3/c1-12(2,3)17-11(15)14-8-9(13)7-10-5-4-6-16-10/h4-6,9H,7-8,13H2,1-3H3,(H,14,15). The number of nitrogens with one attached hydrogen (secondary N) is 1. The molecule has 1 atom stereocenters. The summed E-state index contributed by atoms with van der Waals surface area (Å²) < 4.78 is 10.3. The smallest absolute Gasteiger partial charge is 0.407 e. The molecule has 0 bridgehead atoms. The number of alkyl carbamates (subject to hydrolysis) is 1. The number of carbonyl (C=O) groups excluding carboxylic acids is 1. The lowest BCUT2D eigenvalue weighted by molar-refractivity contribution is 0.0524. The lowest BCUT2D eigenvalue weighted by atomic mass is 10.2. The van der Waals surface area contributed by atoms with E-state index in [9.17, 15) is 4.79 Å². The van der Waals surface area contributed by atoms with Crippen molar-refractivity contribution >= 4 is 6.09 Å². The largest absolute Gasteiger partial charge is 0.469 e. The van der Waals surface area contributed by atoms with E-state index in [0.29, 0.717) is 13.0 Å². The Morgan fingerprint density at radius 1 is 1.59 bits per heavy atom. The third kappa shape index (κ3) is 5.97. The summed E-state index contributed by atoms with van der Waals surface area (Å²) in [7, 11) is 0. The minimum Gasteiger partial charge on any atom is -0.469 e. The Balaban J connectivity index is 2.24. The van der Waals surface area contributed by atoms with Gasteiger partial charge in [-0.1, -0.05) is 0 Å². The first kappa shape index (κ1) is 13.6. The van der Waals surface area contributed by atoms with E-state index in [0.717, 1.165) is 5.76 Å². The van der Waals surface area contributed by atoms with Crippen LogP contribution in [0, 0.1) is 0 Å². The van der Waals surface area contributed by atoms with Gasteiger partial charge in [0.2, 0.25) is 0 Å². The van der Waals surface area contributed by atoms with Gasteiger partial charge in [0.1, 0.15) is 11.4 Å². The molecule has 1 heterocycles. The second kappa shape index (κ2) is 5.72. The third-order valence-electron chi connectivity index (χ3n) is 1.95. The normalized spacial score (nSPS) is 13.2. The summed E-state index contributed by atoms with van der Waals surface area (Å²) >= 11 is 0. The summed E-state index contributed by atoms with van der Waals surface area (Å²) in [4.78, 5) is 11.4. The van der Waals surface area contributed by atoms with Crippen LogP contribution in [0.2, 0.25) is 0 Å². The van der Waals surface area contributed by atoms with Crippen LogP contribution in [-0.4, -0.2) is 24.3 Å². The second-order valence-corrected chi connectivity index (χ2v) is 4.93. The first-order valence-electron chi connectivity index (χ1n) is 5.61. The Hall–Kier alpha value is -1.49. The van der Waals surface area contributed by atoms with Gasteiger partial charge in [0, 0.05) is 19.0 Å². The van der Waals surface area contributed by atoms with Crippen molar-refractivity contribution in [1.82, 2.24) is 5.32 Å². The molecule has 3 N–H and O–H groups in total. The molecule has 0 aliphatic heterocycles. The van der Waals surface area contributed by atoms with Gasteiger partial charge in [0.25, 0.3) is 0 Å². The van der Waals surface area contributed by atoms with Gasteiger partial charge in [0.05, 0.1) is 6.26 Å². The molecule has 1 aromatic heterocycles. The van der Waals surface area contributed by atoms with E-state index in [-0.39, 0.29) is 6.04 Å². The fourth-order valence-electron chi connectivity index (χ4n) is 1.29. The van der Waals surface area contributed by atoms with E-state index in [1.54, 1.807) is 6.26 Å². The molecule has 1 aromatic rings. The number of rotatable bonds is 4. The summed E-state index contributed by atoms with van der Waals surface area (Å²) in [5.41, 5.74) is 5.36. The van der Waals surface area contributed by atoms with Crippen LogP contribution in [0.5, 0.6) is 0 Å². The van der Waals surface area contributed by atoms with Gasteiger partial charge in [-0.3, -0.25) is 0 Å². The van der Waals surface area contributed by atoms with Crippen molar-refractivity contribution in [3.8, 4) is 0 Å². The van der Waals surface area contributed by atoms with Crippen molar-refractivity contribution in [3.63, 3.8) is 0 Å². The SMILES string of the molecule is CC(C)(C)OC(=O)NCC(N)Cc1ccco1. The highest BCUT2D eigenvalue weighted by Crippen LogP contribution is 2.06. The predicted octanol–water partition coefficient (Wildman–Crippen LogP) is 1.67. The van der Waals surface area contributed by atoms with Crippen LogP contribution in [0.25, 0.3) is 0 Å². The number of ether oxygens (including phenoxy) is 1. The zero-order valence-corrected chi connectivity index (χ0v) is 10.5. The molecule has 5 nitrogen and oxygen atoms in total. The van der Waals surface area contributed by atoms with Crippen molar-refractivity contribution < 1.29 is 13.9 Å². The first-order chi connectivity index (χ1) is 7.87. The van der Waals surface area contributed by atoms with E-state index in [1.165, 1.54) is 0 Å². The summed E-state index contributed by atoms with van der Waals surface area (Å²) in [5.74, 6) is 0.809. The maximum Gasteiger partial charge on any atom is 0.407 e. The molecule has 0 aromatic carbocycles. The average molecular weight is 240 g/mol. The first-order valence-corrected chi connectivity index (χ1v) is 5.61. The van der Waals surface area contributed by atoms with Crippen molar-refractivity contribution in [2.45, 2.75) is 38.8 Å². The highest BCUT2D eigenvalue weighted by Gasteiger charge is 2.16. The third-order valence-corrected chi connectivity index (χ3v) is 1.95. The molecule has 1 amide bonds. The second-order valence-electron chi connectivity index (χ2n) is 4.93. The fourth-order valence-corrected chi connectivity index (χ4v) is 1.29. The Kier molecular flexibility index (Phi) is 4.57. The van der Waals surface area contributed by atoms with Gasteiger partial charge in [0.15, 0.2) is 0 Å². The molecule has 0 fully saturated rings. The molecular weight excluding hydrogens is 220 g/mol. The minimum absolute atomic E-state index is 0.186. The summed E-state index contributed by atoms with van der Waals surface area (Å²) in [5, 5.41) is 2.62. The van der Waals surface area contributed by atoms with Crippen LogP contribution in [0.4, 0.5) is 4.79 Å². The molecule has 0 spiro atoms. The zero-order valence-electron chi connectivity index (χ0n) is 10.5. The van der Waals surface area contributed by atoms with Crippen LogP contribution in [0.1, 0.15) is 26.5 Å². The molecule has 0 aliphatic rings. The maximum atomic E-state index is 11.4. The minimum atomic E-state index is -0.491. The number of hydrogen-bond donors (Lipinski definition) is 2. The molecule has 0 aliphatic carbocycles. The molecular formula is C12H20N2O3. The molecule has 5 heteroatoms. The van der Waals surface area contributed by atoms with E-state index in [2.05, 4.69) is 5.32 Å². The highest BCUT2D eigenvalue weighted by atomic mass is 16.6. The summed E-state index contributed by atoms with van der Waals surface area (Å²) in [6, 6.07) is 3.48. The number of amides is 1. The number of hydrogen-bond acceptors (Lipinski definition) is 4. The quantitative estimate of drug-likeness (QED) is 0.839. The van der Waals surface area contributed by atoms with Crippen molar-refractivity contribution in [1.29, 1.82) is 0 Å². The van der Waals surface area contributed by atoms with Gasteiger partial charge in [-0.15, -0.1) is 0 Å². The Bertz CT molecular complexity index is 341. The molecule has 1 unspecified atom stereocenters. The maximum absolute atomic E-state index is 11.4. The molecule has 0 saturated carbocycles. The van der Waals surface area contributed by atoms with Crippen LogP contribution in [-0.2, 0) is 11.2 Å². The topological polar surface area (TPSA) is 77.5 Å². The zero-order chi connectivity index (χ0) is 12.9. The molecule has 1 rings (SSSR count). The Morgan fingerprint density at radius 3 is 2.82 bits per heavy atom. The van der Waals surface area contributed by atoms with Crippen LogP contribution >= 0.6 is 0 Å². The number of furan rings is 1. The van der Waals surface area contributed by atoms with E-state index >= 15 is 0 Å². The van der Waals surface area contributed by atoms with E-state index in [4.69, 9.17) is 14.9 Å². The highest BCUT2D eigenvalue weighted by molar-refractivity contribution is 5.67. The summed E-state index contributed by atoms with van der Waals surface area (Å²) in [6.07, 6.45) is 1.74. The summed E-state index contributed by atoms with van der Waals surface area (Å²) in [6.45, 7) is 5.80.